The highest BCUT2D eigenvalue weighted by Crippen LogP contribution is 2.32. The number of ether oxygens (including phenoxy) is 1. The Morgan fingerprint density at radius 2 is 2.03 bits per heavy atom. The molecule has 5 nitrogen and oxygen atoms in total. The van der Waals surface area contributed by atoms with Crippen molar-refractivity contribution in [3.63, 3.8) is 0 Å². The van der Waals surface area contributed by atoms with E-state index in [2.05, 4.69) is 28.8 Å². The largest absolute Gasteiger partial charge is 0.497 e. The van der Waals surface area contributed by atoms with Crippen LogP contribution in [0, 0.1) is 6.92 Å². The van der Waals surface area contributed by atoms with E-state index < -0.39 is 0 Å². The number of amides is 1. The fourth-order valence-corrected chi connectivity index (χ4v) is 4.59. The van der Waals surface area contributed by atoms with E-state index in [-0.39, 0.29) is 11.9 Å². The number of hydrogen-bond donors (Lipinski definition) is 2. The summed E-state index contributed by atoms with van der Waals surface area (Å²) in [5.74, 6) is 1.11. The molecule has 2 aliphatic rings. The van der Waals surface area contributed by atoms with Gasteiger partial charge < -0.3 is 20.3 Å². The predicted molar refractivity (Wildman–Crippen MR) is 121 cm³/mol. The SMILES string of the molecule is COc1ccc2c(c1)CCC[C@@H]2NC(=S)Nc1ccc(N2CCCC2=O)c(C)c1. The molecule has 29 heavy (non-hydrogen) atoms. The second kappa shape index (κ2) is 8.41. The first kappa shape index (κ1) is 19.7. The second-order valence-electron chi connectivity index (χ2n) is 7.76. The highest BCUT2D eigenvalue weighted by molar-refractivity contribution is 7.80. The zero-order valence-corrected chi connectivity index (χ0v) is 17.8. The minimum Gasteiger partial charge on any atom is -0.497 e. The first-order valence-electron chi connectivity index (χ1n) is 10.2. The topological polar surface area (TPSA) is 53.6 Å². The number of aryl methyl sites for hydroxylation is 2. The fraction of sp³-hybridized carbons (Fsp3) is 0.391. The van der Waals surface area contributed by atoms with Crippen molar-refractivity contribution in [1.29, 1.82) is 0 Å². The van der Waals surface area contributed by atoms with Gasteiger partial charge in [-0.05, 0) is 91.8 Å². The molecule has 1 aliphatic heterocycles. The Labute approximate surface area is 177 Å². The minimum atomic E-state index is 0.201. The summed E-state index contributed by atoms with van der Waals surface area (Å²) in [4.78, 5) is 13.9. The molecule has 0 unspecified atom stereocenters. The zero-order valence-electron chi connectivity index (χ0n) is 17.0. The van der Waals surface area contributed by atoms with Crippen molar-refractivity contribution < 1.29 is 9.53 Å². The number of hydrogen-bond acceptors (Lipinski definition) is 3. The summed E-state index contributed by atoms with van der Waals surface area (Å²) in [5, 5.41) is 7.39. The molecule has 1 saturated heterocycles. The van der Waals surface area contributed by atoms with Gasteiger partial charge in [0.2, 0.25) is 5.91 Å². The van der Waals surface area contributed by atoms with Crippen LogP contribution in [0.1, 0.15) is 48.4 Å². The zero-order chi connectivity index (χ0) is 20.4. The molecule has 0 radical (unpaired) electrons. The maximum absolute atomic E-state index is 12.0. The maximum atomic E-state index is 12.0. The van der Waals surface area contributed by atoms with E-state index in [9.17, 15) is 4.79 Å². The lowest BCUT2D eigenvalue weighted by molar-refractivity contribution is -0.117. The number of carbonyl (C=O) groups is 1. The van der Waals surface area contributed by atoms with Gasteiger partial charge in [0.05, 0.1) is 13.2 Å². The maximum Gasteiger partial charge on any atom is 0.227 e. The lowest BCUT2D eigenvalue weighted by Gasteiger charge is -2.28. The van der Waals surface area contributed by atoms with Crippen LogP contribution >= 0.6 is 12.2 Å². The van der Waals surface area contributed by atoms with Crippen LogP contribution in [0.25, 0.3) is 0 Å². The van der Waals surface area contributed by atoms with Gasteiger partial charge in [0.15, 0.2) is 5.11 Å². The number of fused-ring (bicyclic) bond motifs is 1. The molecule has 1 atom stereocenters. The monoisotopic (exact) mass is 409 g/mol. The molecule has 2 aromatic rings. The summed E-state index contributed by atoms with van der Waals surface area (Å²) in [5.41, 5.74) is 5.61. The number of nitrogens with one attached hydrogen (secondary N) is 2. The number of benzene rings is 2. The van der Waals surface area contributed by atoms with Gasteiger partial charge in [-0.1, -0.05) is 6.07 Å². The van der Waals surface area contributed by atoms with E-state index in [1.165, 1.54) is 11.1 Å². The van der Waals surface area contributed by atoms with Crippen molar-refractivity contribution in [3.05, 3.63) is 53.1 Å². The second-order valence-corrected chi connectivity index (χ2v) is 8.17. The number of anilines is 2. The van der Waals surface area contributed by atoms with Gasteiger partial charge in [-0.2, -0.15) is 0 Å². The van der Waals surface area contributed by atoms with Gasteiger partial charge >= 0.3 is 0 Å². The van der Waals surface area contributed by atoms with Gasteiger partial charge in [-0.15, -0.1) is 0 Å². The Morgan fingerprint density at radius 1 is 1.17 bits per heavy atom. The number of carbonyl (C=O) groups excluding carboxylic acids is 1. The molecule has 6 heteroatoms. The summed E-state index contributed by atoms with van der Waals surface area (Å²) in [6.07, 6.45) is 4.82. The lowest BCUT2D eigenvalue weighted by atomic mass is 9.87. The van der Waals surface area contributed by atoms with E-state index in [1.807, 2.05) is 30.0 Å². The quantitative estimate of drug-likeness (QED) is 0.729. The standard InChI is InChI=1S/C23H27N3O2S/c1-15-13-17(8-11-21(15)26-12-4-7-22(26)27)24-23(29)25-20-6-3-5-16-14-18(28-2)9-10-19(16)20/h8-11,13-14,20H,3-7,12H2,1-2H3,(H2,24,25,29)/t20-/m0/s1. The highest BCUT2D eigenvalue weighted by Gasteiger charge is 2.24. The molecule has 0 bridgehead atoms. The third-order valence-electron chi connectivity index (χ3n) is 5.79. The molecular formula is C23H27N3O2S. The first-order valence-corrected chi connectivity index (χ1v) is 10.6. The molecule has 152 valence electrons. The Morgan fingerprint density at radius 3 is 2.76 bits per heavy atom. The number of nitrogens with zero attached hydrogens (tertiary/aromatic N) is 1. The molecule has 2 N–H and O–H groups in total. The summed E-state index contributed by atoms with van der Waals surface area (Å²) >= 11 is 5.59. The molecule has 2 aromatic carbocycles. The summed E-state index contributed by atoms with van der Waals surface area (Å²) < 4.78 is 5.36. The predicted octanol–water partition coefficient (Wildman–Crippen LogP) is 4.49. The Bertz CT molecular complexity index is 944. The number of methoxy groups -OCH3 is 1. The Balaban J connectivity index is 1.43. The summed E-state index contributed by atoms with van der Waals surface area (Å²) in [7, 11) is 1.70. The average molecular weight is 410 g/mol. The van der Waals surface area contributed by atoms with Gasteiger partial charge in [0.1, 0.15) is 5.75 Å². The third-order valence-corrected chi connectivity index (χ3v) is 6.01. The third kappa shape index (κ3) is 4.22. The van der Waals surface area contributed by atoms with E-state index in [0.29, 0.717) is 11.5 Å². The van der Waals surface area contributed by atoms with Crippen LogP contribution in [-0.2, 0) is 11.2 Å². The van der Waals surface area contributed by atoms with Crippen molar-refractivity contribution in [1.82, 2.24) is 5.32 Å². The molecular weight excluding hydrogens is 382 g/mol. The van der Waals surface area contributed by atoms with Crippen molar-refractivity contribution in [2.45, 2.75) is 45.1 Å². The first-order chi connectivity index (χ1) is 14.0. The van der Waals surface area contributed by atoms with Gasteiger partial charge in [-0.3, -0.25) is 4.79 Å². The smallest absolute Gasteiger partial charge is 0.227 e. The molecule has 1 amide bonds. The van der Waals surface area contributed by atoms with Crippen LogP contribution in [0.2, 0.25) is 0 Å². The molecule has 0 saturated carbocycles. The van der Waals surface area contributed by atoms with Crippen LogP contribution in [0.5, 0.6) is 5.75 Å². The fourth-order valence-electron chi connectivity index (χ4n) is 4.33. The lowest BCUT2D eigenvalue weighted by Crippen LogP contribution is -2.34. The normalized spacial score (nSPS) is 18.3. The molecule has 0 aromatic heterocycles. The summed E-state index contributed by atoms with van der Waals surface area (Å²) in [6, 6.07) is 12.5. The Hall–Kier alpha value is -2.60. The van der Waals surface area contributed by atoms with E-state index >= 15 is 0 Å². The van der Waals surface area contributed by atoms with Gasteiger partial charge in [0, 0.05) is 24.3 Å². The highest BCUT2D eigenvalue weighted by atomic mass is 32.1. The average Bonchev–Trinajstić information content (AvgIpc) is 3.13. The van der Waals surface area contributed by atoms with Crippen molar-refractivity contribution in [2.24, 2.45) is 0 Å². The van der Waals surface area contributed by atoms with Gasteiger partial charge in [0.25, 0.3) is 0 Å². The molecule has 4 rings (SSSR count). The van der Waals surface area contributed by atoms with Gasteiger partial charge in [-0.25, -0.2) is 0 Å². The number of rotatable bonds is 4. The van der Waals surface area contributed by atoms with E-state index in [4.69, 9.17) is 17.0 Å². The Kier molecular flexibility index (Phi) is 5.72. The van der Waals surface area contributed by atoms with Crippen molar-refractivity contribution in [3.8, 4) is 5.75 Å². The van der Waals surface area contributed by atoms with Crippen LogP contribution in [0.3, 0.4) is 0 Å². The van der Waals surface area contributed by atoms with Crippen LogP contribution < -0.4 is 20.3 Å². The molecule has 0 spiro atoms. The molecule has 1 fully saturated rings. The van der Waals surface area contributed by atoms with Crippen LogP contribution in [0.15, 0.2) is 36.4 Å². The molecule has 1 aliphatic carbocycles. The number of thiocarbonyl (C=S) groups is 1. The summed E-state index contributed by atoms with van der Waals surface area (Å²) in [6.45, 7) is 2.84. The molecule has 1 heterocycles. The minimum absolute atomic E-state index is 0.201. The van der Waals surface area contributed by atoms with E-state index in [1.54, 1.807) is 7.11 Å². The van der Waals surface area contributed by atoms with Crippen LogP contribution in [0.4, 0.5) is 11.4 Å². The van der Waals surface area contributed by atoms with Crippen molar-refractivity contribution in [2.75, 3.05) is 23.9 Å². The van der Waals surface area contributed by atoms with E-state index in [0.717, 1.165) is 54.9 Å². The van der Waals surface area contributed by atoms with Crippen LogP contribution in [-0.4, -0.2) is 24.7 Å². The van der Waals surface area contributed by atoms with Crippen molar-refractivity contribution >= 4 is 34.6 Å².